The molecule has 0 spiro atoms. The highest BCUT2D eigenvalue weighted by Crippen LogP contribution is 2.14. The summed E-state index contributed by atoms with van der Waals surface area (Å²) in [7, 11) is 1.60. The number of anilines is 1. The van der Waals surface area contributed by atoms with Crippen molar-refractivity contribution in [3.05, 3.63) is 58.5 Å². The van der Waals surface area contributed by atoms with E-state index in [4.69, 9.17) is 4.74 Å². The summed E-state index contributed by atoms with van der Waals surface area (Å²) in [5, 5.41) is 2.60. The quantitative estimate of drug-likeness (QED) is 0.874. The fourth-order valence-corrected chi connectivity index (χ4v) is 1.82. The third kappa shape index (κ3) is 3.71. The maximum absolute atomic E-state index is 11.8. The number of nitrogens with one attached hydrogen (secondary N) is 2. The van der Waals surface area contributed by atoms with E-state index in [1.807, 2.05) is 24.3 Å². The number of carbonyl (C=O) groups is 1. The number of rotatable bonds is 5. The molecule has 0 unspecified atom stereocenters. The van der Waals surface area contributed by atoms with Crippen molar-refractivity contribution in [1.29, 1.82) is 0 Å². The van der Waals surface area contributed by atoms with Gasteiger partial charge in [-0.05, 0) is 36.2 Å². The summed E-state index contributed by atoms with van der Waals surface area (Å²) < 4.78 is 5.13. The number of benzene rings is 1. The van der Waals surface area contributed by atoms with Gasteiger partial charge in [0.05, 0.1) is 7.11 Å². The molecule has 0 bridgehead atoms. The standard InChI is InChI=1S/C15H16N2O3/c1-20-12-5-2-4-11(10-12)7-8-14(18)17-13-6-3-9-16-15(13)19/h2-6,9-10H,7-8H2,1H3,(H,16,19)(H,17,18). The summed E-state index contributed by atoms with van der Waals surface area (Å²) in [5.74, 6) is 0.576. The maximum atomic E-state index is 11.8. The van der Waals surface area contributed by atoms with Crippen molar-refractivity contribution < 1.29 is 9.53 Å². The largest absolute Gasteiger partial charge is 0.497 e. The number of H-pyrrole nitrogens is 1. The third-order valence-electron chi connectivity index (χ3n) is 2.87. The van der Waals surface area contributed by atoms with Gasteiger partial charge in [0.2, 0.25) is 5.91 Å². The van der Waals surface area contributed by atoms with Gasteiger partial charge in [0.1, 0.15) is 11.4 Å². The van der Waals surface area contributed by atoms with Crippen LogP contribution in [0.1, 0.15) is 12.0 Å². The van der Waals surface area contributed by atoms with Crippen molar-refractivity contribution in [2.45, 2.75) is 12.8 Å². The number of aryl methyl sites for hydroxylation is 1. The molecule has 0 atom stereocenters. The molecule has 0 saturated heterocycles. The first-order chi connectivity index (χ1) is 9.69. The Hall–Kier alpha value is -2.56. The second-order valence-electron chi connectivity index (χ2n) is 4.31. The summed E-state index contributed by atoms with van der Waals surface area (Å²) in [5.41, 5.74) is 0.979. The Morgan fingerprint density at radius 2 is 2.15 bits per heavy atom. The molecule has 1 amide bonds. The van der Waals surface area contributed by atoms with Crippen LogP contribution in [0.2, 0.25) is 0 Å². The van der Waals surface area contributed by atoms with Gasteiger partial charge >= 0.3 is 0 Å². The summed E-state index contributed by atoms with van der Waals surface area (Å²) in [6, 6.07) is 10.8. The SMILES string of the molecule is COc1cccc(CCC(=O)Nc2ccc[nH]c2=O)c1. The number of pyridine rings is 1. The molecule has 0 radical (unpaired) electrons. The average Bonchev–Trinajstić information content (AvgIpc) is 2.48. The number of ether oxygens (including phenoxy) is 1. The van der Waals surface area contributed by atoms with E-state index < -0.39 is 0 Å². The molecule has 0 aliphatic carbocycles. The molecule has 20 heavy (non-hydrogen) atoms. The van der Waals surface area contributed by atoms with Crippen molar-refractivity contribution in [3.63, 3.8) is 0 Å². The van der Waals surface area contributed by atoms with Gasteiger partial charge in [-0.15, -0.1) is 0 Å². The van der Waals surface area contributed by atoms with Crippen LogP contribution in [0.5, 0.6) is 5.75 Å². The van der Waals surface area contributed by atoms with Crippen molar-refractivity contribution in [1.82, 2.24) is 4.98 Å². The molecule has 2 aromatic rings. The molecule has 5 heteroatoms. The maximum Gasteiger partial charge on any atom is 0.271 e. The van der Waals surface area contributed by atoms with Gasteiger partial charge in [0, 0.05) is 12.6 Å². The van der Waals surface area contributed by atoms with E-state index in [9.17, 15) is 9.59 Å². The highest BCUT2D eigenvalue weighted by atomic mass is 16.5. The van der Waals surface area contributed by atoms with Gasteiger partial charge < -0.3 is 15.0 Å². The number of carbonyl (C=O) groups excluding carboxylic acids is 1. The average molecular weight is 272 g/mol. The first-order valence-electron chi connectivity index (χ1n) is 6.29. The second-order valence-corrected chi connectivity index (χ2v) is 4.31. The first kappa shape index (κ1) is 13.9. The van der Waals surface area contributed by atoms with E-state index in [1.54, 1.807) is 19.2 Å². The predicted molar refractivity (Wildman–Crippen MR) is 77.0 cm³/mol. The van der Waals surface area contributed by atoms with E-state index in [-0.39, 0.29) is 17.2 Å². The second kappa shape index (κ2) is 6.56. The summed E-state index contributed by atoms with van der Waals surface area (Å²) in [4.78, 5) is 25.7. The third-order valence-corrected chi connectivity index (χ3v) is 2.87. The van der Waals surface area contributed by atoms with Crippen molar-refractivity contribution in [2.24, 2.45) is 0 Å². The topological polar surface area (TPSA) is 71.2 Å². The summed E-state index contributed by atoms with van der Waals surface area (Å²) in [6.45, 7) is 0. The Labute approximate surface area is 116 Å². The molecule has 0 fully saturated rings. The minimum absolute atomic E-state index is 0.190. The normalized spacial score (nSPS) is 10.1. The fraction of sp³-hybridized carbons (Fsp3) is 0.200. The number of aromatic amines is 1. The smallest absolute Gasteiger partial charge is 0.271 e. The molecular formula is C15H16N2O3. The minimum atomic E-state index is -0.303. The van der Waals surface area contributed by atoms with Crippen LogP contribution in [0.15, 0.2) is 47.4 Å². The van der Waals surface area contributed by atoms with Crippen molar-refractivity contribution in [2.75, 3.05) is 12.4 Å². The molecule has 1 heterocycles. The minimum Gasteiger partial charge on any atom is -0.497 e. The van der Waals surface area contributed by atoms with Gasteiger partial charge in [0.25, 0.3) is 5.56 Å². The van der Waals surface area contributed by atoms with Crippen LogP contribution in [-0.4, -0.2) is 18.0 Å². The van der Waals surface area contributed by atoms with Crippen LogP contribution >= 0.6 is 0 Å². The van der Waals surface area contributed by atoms with Crippen molar-refractivity contribution >= 4 is 11.6 Å². The molecule has 2 N–H and O–H groups in total. The summed E-state index contributed by atoms with van der Waals surface area (Å²) in [6.07, 6.45) is 2.42. The van der Waals surface area contributed by atoms with E-state index in [0.717, 1.165) is 11.3 Å². The number of methoxy groups -OCH3 is 1. The first-order valence-corrected chi connectivity index (χ1v) is 6.29. The number of aromatic nitrogens is 1. The highest BCUT2D eigenvalue weighted by molar-refractivity contribution is 5.90. The van der Waals surface area contributed by atoms with Crippen LogP contribution in [0.4, 0.5) is 5.69 Å². The van der Waals surface area contributed by atoms with Crippen LogP contribution in [-0.2, 0) is 11.2 Å². The predicted octanol–water partition coefficient (Wildman–Crippen LogP) is 1.95. The Balaban J connectivity index is 1.92. The van der Waals surface area contributed by atoms with Crippen LogP contribution in [0.25, 0.3) is 0 Å². The van der Waals surface area contributed by atoms with E-state index in [0.29, 0.717) is 12.8 Å². The zero-order valence-electron chi connectivity index (χ0n) is 11.2. The fourth-order valence-electron chi connectivity index (χ4n) is 1.82. The lowest BCUT2D eigenvalue weighted by Gasteiger charge is -2.05. The van der Waals surface area contributed by atoms with E-state index in [2.05, 4.69) is 10.3 Å². The molecular weight excluding hydrogens is 256 g/mol. The van der Waals surface area contributed by atoms with Gasteiger partial charge in [-0.3, -0.25) is 9.59 Å². The molecule has 0 saturated carbocycles. The van der Waals surface area contributed by atoms with Gasteiger partial charge in [-0.2, -0.15) is 0 Å². The van der Waals surface area contributed by atoms with E-state index >= 15 is 0 Å². The van der Waals surface area contributed by atoms with Gasteiger partial charge in [-0.25, -0.2) is 0 Å². The Morgan fingerprint density at radius 1 is 1.30 bits per heavy atom. The Kier molecular flexibility index (Phi) is 4.55. The van der Waals surface area contributed by atoms with E-state index in [1.165, 1.54) is 6.20 Å². The van der Waals surface area contributed by atoms with Crippen LogP contribution in [0.3, 0.4) is 0 Å². The lowest BCUT2D eigenvalue weighted by Crippen LogP contribution is -2.19. The molecule has 1 aromatic heterocycles. The molecule has 0 aliphatic heterocycles. The van der Waals surface area contributed by atoms with Gasteiger partial charge in [0.15, 0.2) is 0 Å². The van der Waals surface area contributed by atoms with Crippen LogP contribution in [0, 0.1) is 0 Å². The van der Waals surface area contributed by atoms with Crippen LogP contribution < -0.4 is 15.6 Å². The highest BCUT2D eigenvalue weighted by Gasteiger charge is 2.06. The molecule has 5 nitrogen and oxygen atoms in total. The molecule has 2 rings (SSSR count). The molecule has 104 valence electrons. The summed E-state index contributed by atoms with van der Waals surface area (Å²) >= 11 is 0. The monoisotopic (exact) mass is 272 g/mol. The van der Waals surface area contributed by atoms with Gasteiger partial charge in [-0.1, -0.05) is 12.1 Å². The Morgan fingerprint density at radius 3 is 2.90 bits per heavy atom. The lowest BCUT2D eigenvalue weighted by atomic mass is 10.1. The Bertz CT molecular complexity index is 649. The molecule has 0 aliphatic rings. The van der Waals surface area contributed by atoms with Crippen molar-refractivity contribution in [3.8, 4) is 5.75 Å². The number of amides is 1. The zero-order valence-corrected chi connectivity index (χ0v) is 11.2. The lowest BCUT2D eigenvalue weighted by molar-refractivity contribution is -0.116. The molecule has 1 aromatic carbocycles. The number of hydrogen-bond acceptors (Lipinski definition) is 3. The number of hydrogen-bond donors (Lipinski definition) is 2. The zero-order chi connectivity index (χ0) is 14.4.